The minimum Gasteiger partial charge on any atom is -0.331 e. The van der Waals surface area contributed by atoms with E-state index in [2.05, 4.69) is 9.97 Å². The molecular weight excluding hydrogens is 250 g/mol. The molecular formula is C11H9F4N3. The third-order valence-corrected chi connectivity index (χ3v) is 2.39. The second kappa shape index (κ2) is 4.40. The van der Waals surface area contributed by atoms with Gasteiger partial charge >= 0.3 is 6.18 Å². The topological polar surface area (TPSA) is 30.7 Å². The lowest BCUT2D eigenvalue weighted by atomic mass is 10.2. The molecule has 0 aliphatic rings. The number of pyridine rings is 1. The van der Waals surface area contributed by atoms with Gasteiger partial charge in [0.15, 0.2) is 5.69 Å². The van der Waals surface area contributed by atoms with E-state index in [-0.39, 0.29) is 5.82 Å². The van der Waals surface area contributed by atoms with Crippen LogP contribution >= 0.6 is 0 Å². The predicted molar refractivity (Wildman–Crippen MR) is 56.1 cm³/mol. The molecule has 0 spiro atoms. The zero-order chi connectivity index (χ0) is 13.3. The molecule has 0 N–H and O–H groups in total. The van der Waals surface area contributed by atoms with Gasteiger partial charge in [-0.25, -0.2) is 9.97 Å². The molecule has 0 saturated carbocycles. The average Bonchev–Trinajstić information content (AvgIpc) is 2.73. The maximum atomic E-state index is 12.7. The number of hydrogen-bond acceptors (Lipinski definition) is 2. The third kappa shape index (κ3) is 2.34. The van der Waals surface area contributed by atoms with Crippen molar-refractivity contribution in [2.75, 3.05) is 0 Å². The predicted octanol–water partition coefficient (Wildman–Crippen LogP) is 3.12. The number of nitrogens with zero attached hydrogens (tertiary/aromatic N) is 3. The van der Waals surface area contributed by atoms with Gasteiger partial charge < -0.3 is 4.57 Å². The Hall–Kier alpha value is -1.92. The van der Waals surface area contributed by atoms with Crippen molar-refractivity contribution in [3.8, 4) is 11.4 Å². The van der Waals surface area contributed by atoms with Gasteiger partial charge in [0.2, 0.25) is 5.95 Å². The third-order valence-electron chi connectivity index (χ3n) is 2.39. The largest absolute Gasteiger partial charge is 0.434 e. The average molecular weight is 259 g/mol. The summed E-state index contributed by atoms with van der Waals surface area (Å²) < 4.78 is 51.6. The zero-order valence-electron chi connectivity index (χ0n) is 9.37. The molecule has 96 valence electrons. The van der Waals surface area contributed by atoms with Gasteiger partial charge in [-0.3, -0.25) is 0 Å². The monoisotopic (exact) mass is 259 g/mol. The fourth-order valence-corrected chi connectivity index (χ4v) is 1.53. The van der Waals surface area contributed by atoms with Gasteiger partial charge in [0.1, 0.15) is 5.82 Å². The van der Waals surface area contributed by atoms with Crippen molar-refractivity contribution in [3.05, 3.63) is 36.2 Å². The number of imidazole rings is 1. The minimum atomic E-state index is -4.50. The van der Waals surface area contributed by atoms with Gasteiger partial charge in [-0.2, -0.15) is 17.6 Å². The van der Waals surface area contributed by atoms with Gasteiger partial charge in [-0.05, 0) is 19.1 Å². The molecule has 0 aliphatic heterocycles. The molecule has 0 unspecified atom stereocenters. The second-order valence-electron chi connectivity index (χ2n) is 3.60. The first-order valence-corrected chi connectivity index (χ1v) is 5.18. The summed E-state index contributed by atoms with van der Waals surface area (Å²) in [6, 6.07) is 2.42. The van der Waals surface area contributed by atoms with Gasteiger partial charge in [0, 0.05) is 24.5 Å². The van der Waals surface area contributed by atoms with Crippen molar-refractivity contribution in [2.45, 2.75) is 19.6 Å². The summed E-state index contributed by atoms with van der Waals surface area (Å²) in [6.45, 7) is 2.03. The zero-order valence-corrected chi connectivity index (χ0v) is 9.37. The van der Waals surface area contributed by atoms with E-state index in [1.54, 1.807) is 6.92 Å². The Morgan fingerprint density at radius 1 is 1.28 bits per heavy atom. The number of aryl methyl sites for hydroxylation is 1. The Bertz CT molecular complexity index is 542. The highest BCUT2D eigenvalue weighted by Crippen LogP contribution is 2.30. The van der Waals surface area contributed by atoms with Crippen LogP contribution in [0, 0.1) is 5.95 Å². The number of aromatic nitrogens is 3. The van der Waals surface area contributed by atoms with Gasteiger partial charge in [-0.15, -0.1) is 0 Å². The van der Waals surface area contributed by atoms with E-state index >= 15 is 0 Å². The van der Waals surface area contributed by atoms with Crippen LogP contribution in [0.4, 0.5) is 17.6 Å². The molecule has 0 amide bonds. The lowest BCUT2D eigenvalue weighted by Gasteiger charge is -2.03. The fraction of sp³-hybridized carbons (Fsp3) is 0.273. The molecule has 2 rings (SSSR count). The van der Waals surface area contributed by atoms with Crippen LogP contribution in [0.15, 0.2) is 24.5 Å². The van der Waals surface area contributed by atoms with Gasteiger partial charge in [0.05, 0.1) is 0 Å². The number of hydrogen-bond donors (Lipinski definition) is 0. The first-order valence-electron chi connectivity index (χ1n) is 5.18. The SMILES string of the molecule is CCn1cc(C(F)(F)F)nc1-c1ccc(F)nc1. The quantitative estimate of drug-likeness (QED) is 0.612. The van der Waals surface area contributed by atoms with Crippen LogP contribution in [0.2, 0.25) is 0 Å². The minimum absolute atomic E-state index is 0.123. The molecule has 2 heterocycles. The number of rotatable bonds is 2. The Morgan fingerprint density at radius 2 is 2.00 bits per heavy atom. The Balaban J connectivity index is 2.50. The summed E-state index contributed by atoms with van der Waals surface area (Å²) in [5.74, 6) is -0.568. The first kappa shape index (κ1) is 12.5. The molecule has 0 atom stereocenters. The van der Waals surface area contributed by atoms with E-state index in [9.17, 15) is 17.6 Å². The van der Waals surface area contributed by atoms with Crippen molar-refractivity contribution in [1.82, 2.24) is 14.5 Å². The van der Waals surface area contributed by atoms with Crippen molar-refractivity contribution < 1.29 is 17.6 Å². The molecule has 0 aliphatic carbocycles. The van der Waals surface area contributed by atoms with Crippen LogP contribution in [0.25, 0.3) is 11.4 Å². The van der Waals surface area contributed by atoms with E-state index < -0.39 is 17.8 Å². The molecule has 2 aromatic heterocycles. The molecule has 0 aromatic carbocycles. The van der Waals surface area contributed by atoms with E-state index in [0.29, 0.717) is 12.1 Å². The normalized spacial score (nSPS) is 11.8. The van der Waals surface area contributed by atoms with Crippen LogP contribution in [0.5, 0.6) is 0 Å². The standard InChI is InChI=1S/C11H9F4N3/c1-2-18-6-8(11(13,14)15)17-10(18)7-3-4-9(12)16-5-7/h3-6H,2H2,1H3. The van der Waals surface area contributed by atoms with Crippen molar-refractivity contribution in [3.63, 3.8) is 0 Å². The Morgan fingerprint density at radius 3 is 2.50 bits per heavy atom. The Labute approximate surface area is 100 Å². The molecule has 3 nitrogen and oxygen atoms in total. The maximum Gasteiger partial charge on any atom is 0.434 e. The van der Waals surface area contributed by atoms with Crippen LogP contribution in [0.1, 0.15) is 12.6 Å². The van der Waals surface area contributed by atoms with Crippen molar-refractivity contribution in [1.29, 1.82) is 0 Å². The van der Waals surface area contributed by atoms with E-state index in [4.69, 9.17) is 0 Å². The van der Waals surface area contributed by atoms with Crippen LogP contribution < -0.4 is 0 Å². The Kier molecular flexibility index (Phi) is 3.06. The molecule has 0 radical (unpaired) electrons. The van der Waals surface area contributed by atoms with Crippen LogP contribution in [-0.2, 0) is 12.7 Å². The number of alkyl halides is 3. The van der Waals surface area contributed by atoms with E-state index in [1.807, 2.05) is 0 Å². The van der Waals surface area contributed by atoms with E-state index in [0.717, 1.165) is 18.5 Å². The summed E-state index contributed by atoms with van der Waals surface area (Å²) in [4.78, 5) is 6.93. The molecule has 7 heteroatoms. The molecule has 0 bridgehead atoms. The summed E-state index contributed by atoms with van der Waals surface area (Å²) in [6.07, 6.45) is -2.41. The molecule has 2 aromatic rings. The summed E-state index contributed by atoms with van der Waals surface area (Å²) in [5, 5.41) is 0. The van der Waals surface area contributed by atoms with Gasteiger partial charge in [-0.1, -0.05) is 0 Å². The van der Waals surface area contributed by atoms with Crippen molar-refractivity contribution >= 4 is 0 Å². The summed E-state index contributed by atoms with van der Waals surface area (Å²) in [5.41, 5.74) is -0.627. The summed E-state index contributed by atoms with van der Waals surface area (Å²) >= 11 is 0. The number of halogens is 4. The van der Waals surface area contributed by atoms with Gasteiger partial charge in [0.25, 0.3) is 0 Å². The smallest absolute Gasteiger partial charge is 0.331 e. The fourth-order valence-electron chi connectivity index (χ4n) is 1.53. The molecule has 0 fully saturated rings. The summed E-state index contributed by atoms with van der Waals surface area (Å²) in [7, 11) is 0. The second-order valence-corrected chi connectivity index (χ2v) is 3.60. The van der Waals surface area contributed by atoms with Crippen LogP contribution in [0.3, 0.4) is 0 Å². The molecule has 0 saturated heterocycles. The highest BCUT2D eigenvalue weighted by molar-refractivity contribution is 5.54. The lowest BCUT2D eigenvalue weighted by Crippen LogP contribution is -2.05. The van der Waals surface area contributed by atoms with Crippen LogP contribution in [-0.4, -0.2) is 14.5 Å². The molecule has 18 heavy (non-hydrogen) atoms. The maximum absolute atomic E-state index is 12.7. The van der Waals surface area contributed by atoms with E-state index in [1.165, 1.54) is 10.6 Å². The highest BCUT2D eigenvalue weighted by atomic mass is 19.4. The lowest BCUT2D eigenvalue weighted by molar-refractivity contribution is -0.140. The first-order chi connectivity index (χ1) is 8.41. The highest BCUT2D eigenvalue weighted by Gasteiger charge is 2.34. The van der Waals surface area contributed by atoms with Crippen molar-refractivity contribution in [2.24, 2.45) is 0 Å².